The molecule has 2 atom stereocenters. The Bertz CT molecular complexity index is 1130. The first-order chi connectivity index (χ1) is 18.5. The quantitative estimate of drug-likeness (QED) is 0.431. The maximum atomic E-state index is 13.6. The molecule has 1 saturated heterocycles. The molecule has 0 saturated carbocycles. The van der Waals surface area contributed by atoms with Gasteiger partial charge in [-0.25, -0.2) is 0 Å². The minimum absolute atomic E-state index is 0.0489. The number of anilines is 1. The van der Waals surface area contributed by atoms with Crippen molar-refractivity contribution in [3.63, 3.8) is 0 Å². The van der Waals surface area contributed by atoms with Crippen LogP contribution in [0.25, 0.3) is 0 Å². The van der Waals surface area contributed by atoms with E-state index >= 15 is 0 Å². The maximum Gasteiger partial charge on any atom is 0.227 e. The summed E-state index contributed by atoms with van der Waals surface area (Å²) in [4.78, 5) is 28.8. The van der Waals surface area contributed by atoms with Crippen LogP contribution in [0.4, 0.5) is 5.69 Å². The average Bonchev–Trinajstić information content (AvgIpc) is 2.96. The minimum atomic E-state index is -0.515. The number of ether oxygens (including phenoxy) is 4. The van der Waals surface area contributed by atoms with Gasteiger partial charge in [0.15, 0.2) is 11.5 Å². The van der Waals surface area contributed by atoms with Crippen molar-refractivity contribution in [2.24, 2.45) is 5.92 Å². The minimum Gasteiger partial charge on any atom is -0.497 e. The fourth-order valence-corrected chi connectivity index (χ4v) is 5.47. The predicted molar refractivity (Wildman–Crippen MR) is 146 cm³/mol. The van der Waals surface area contributed by atoms with Crippen molar-refractivity contribution < 1.29 is 28.5 Å². The monoisotopic (exact) mass is 522 g/mol. The van der Waals surface area contributed by atoms with Gasteiger partial charge in [-0.2, -0.15) is 0 Å². The highest BCUT2D eigenvalue weighted by molar-refractivity contribution is 5.98. The Morgan fingerprint density at radius 2 is 1.66 bits per heavy atom. The zero-order chi connectivity index (χ0) is 27.1. The molecule has 8 nitrogen and oxygen atoms in total. The molecule has 1 heterocycles. The normalized spacial score (nSPS) is 19.4. The number of rotatable bonds is 10. The summed E-state index contributed by atoms with van der Waals surface area (Å²) < 4.78 is 21.9. The van der Waals surface area contributed by atoms with E-state index in [1.54, 1.807) is 24.1 Å². The number of allylic oxidation sites excluding steroid dienone is 1. The van der Waals surface area contributed by atoms with Gasteiger partial charge in [-0.1, -0.05) is 23.8 Å². The smallest absolute Gasteiger partial charge is 0.227 e. The molecule has 0 bridgehead atoms. The number of carbonyl (C=O) groups excluding carboxylic acids is 2. The van der Waals surface area contributed by atoms with Gasteiger partial charge >= 0.3 is 0 Å². The van der Waals surface area contributed by atoms with Crippen LogP contribution in [0.5, 0.6) is 23.0 Å². The molecule has 1 fully saturated rings. The highest BCUT2D eigenvalue weighted by Crippen LogP contribution is 2.46. The van der Waals surface area contributed by atoms with Gasteiger partial charge in [0.05, 0.1) is 46.1 Å². The predicted octanol–water partition coefficient (Wildman–Crippen LogP) is 5.21. The lowest BCUT2D eigenvalue weighted by atomic mass is 9.83. The molecular weight excluding hydrogens is 484 g/mol. The van der Waals surface area contributed by atoms with Gasteiger partial charge < -0.3 is 29.2 Å². The lowest BCUT2D eigenvalue weighted by Crippen LogP contribution is -2.48. The van der Waals surface area contributed by atoms with Crippen LogP contribution >= 0.6 is 0 Å². The molecule has 2 aliphatic rings. The number of nitrogens with one attached hydrogen (secondary N) is 1. The van der Waals surface area contributed by atoms with Gasteiger partial charge in [-0.3, -0.25) is 9.59 Å². The number of hydrogen-bond donors (Lipinski definition) is 1. The summed E-state index contributed by atoms with van der Waals surface area (Å²) in [5.41, 5.74) is 2.85. The Kier molecular flexibility index (Phi) is 9.15. The molecule has 2 aromatic rings. The standard InChI is InChI=1S/C30H38N2O6/c1-35-23-12-10-21(11-13-23)28-24(30(34)31-17-16-20-8-6-5-7-9-20)14-15-27(33)32(28)22-18-25(36-2)29(38-4)26(19-22)37-3/h8,10-13,18-19,24,28H,5-7,9,14-17H2,1-4H3,(H,31,34)/t24-,28+/m0/s1. The molecule has 8 heteroatoms. The van der Waals surface area contributed by atoms with E-state index in [0.717, 1.165) is 24.8 Å². The largest absolute Gasteiger partial charge is 0.497 e. The van der Waals surface area contributed by atoms with Gasteiger partial charge in [0.1, 0.15) is 5.75 Å². The maximum absolute atomic E-state index is 13.6. The molecule has 2 aromatic carbocycles. The highest BCUT2D eigenvalue weighted by atomic mass is 16.5. The third kappa shape index (κ3) is 5.90. The molecule has 0 spiro atoms. The fourth-order valence-electron chi connectivity index (χ4n) is 5.47. The Morgan fingerprint density at radius 3 is 2.24 bits per heavy atom. The van der Waals surface area contributed by atoms with Gasteiger partial charge in [0.2, 0.25) is 17.6 Å². The van der Waals surface area contributed by atoms with Crippen LogP contribution in [-0.4, -0.2) is 46.8 Å². The Hall–Kier alpha value is -3.68. The van der Waals surface area contributed by atoms with Crippen molar-refractivity contribution in [3.8, 4) is 23.0 Å². The van der Waals surface area contributed by atoms with Crippen molar-refractivity contribution >= 4 is 17.5 Å². The molecule has 0 unspecified atom stereocenters. The fraction of sp³-hybridized carbons (Fsp3) is 0.467. The molecule has 1 N–H and O–H groups in total. The van der Waals surface area contributed by atoms with Crippen molar-refractivity contribution in [3.05, 3.63) is 53.6 Å². The van der Waals surface area contributed by atoms with E-state index in [0.29, 0.717) is 41.7 Å². The van der Waals surface area contributed by atoms with Crippen LogP contribution in [0.2, 0.25) is 0 Å². The first kappa shape index (κ1) is 27.4. The summed E-state index contributed by atoms with van der Waals surface area (Å²) >= 11 is 0. The van der Waals surface area contributed by atoms with Gasteiger partial charge in [-0.15, -0.1) is 0 Å². The second-order valence-electron chi connectivity index (χ2n) is 9.66. The van der Waals surface area contributed by atoms with Crippen LogP contribution < -0.4 is 29.2 Å². The third-order valence-corrected chi connectivity index (χ3v) is 7.45. The lowest BCUT2D eigenvalue weighted by Gasteiger charge is -2.41. The molecule has 1 aliphatic heterocycles. The molecule has 204 valence electrons. The number of carbonyl (C=O) groups is 2. The van der Waals surface area contributed by atoms with Crippen LogP contribution in [0.1, 0.15) is 56.6 Å². The van der Waals surface area contributed by atoms with Crippen molar-refractivity contribution in [1.82, 2.24) is 5.32 Å². The van der Waals surface area contributed by atoms with Crippen LogP contribution in [0.15, 0.2) is 48.0 Å². The van der Waals surface area contributed by atoms with E-state index in [9.17, 15) is 9.59 Å². The second kappa shape index (κ2) is 12.7. The Morgan fingerprint density at radius 1 is 0.947 bits per heavy atom. The van der Waals surface area contributed by atoms with Crippen LogP contribution in [0.3, 0.4) is 0 Å². The summed E-state index contributed by atoms with van der Waals surface area (Å²) in [6.45, 7) is 0.592. The van der Waals surface area contributed by atoms with Crippen molar-refractivity contribution in [2.75, 3.05) is 39.9 Å². The molecule has 1 aliphatic carbocycles. The molecular formula is C30H38N2O6. The molecule has 0 aromatic heterocycles. The van der Waals surface area contributed by atoms with E-state index in [1.807, 2.05) is 24.3 Å². The first-order valence-corrected chi connectivity index (χ1v) is 13.2. The SMILES string of the molecule is COc1ccc([C@@H]2[C@@H](C(=O)NCCC3=CCCCC3)CCC(=O)N2c2cc(OC)c(OC)c(OC)c2)cc1. The number of nitrogens with zero attached hydrogens (tertiary/aromatic N) is 1. The van der Waals surface area contributed by atoms with Gasteiger partial charge in [0.25, 0.3) is 0 Å². The van der Waals surface area contributed by atoms with E-state index in [4.69, 9.17) is 18.9 Å². The Balaban J connectivity index is 1.69. The lowest BCUT2D eigenvalue weighted by molar-refractivity contribution is -0.129. The van der Waals surface area contributed by atoms with Crippen molar-refractivity contribution in [2.45, 2.75) is 51.0 Å². The third-order valence-electron chi connectivity index (χ3n) is 7.45. The van der Waals surface area contributed by atoms with Crippen LogP contribution in [-0.2, 0) is 9.59 Å². The molecule has 4 rings (SSSR count). The number of amides is 2. The van der Waals surface area contributed by atoms with Gasteiger partial charge in [-0.05, 0) is 56.2 Å². The topological polar surface area (TPSA) is 86.3 Å². The summed E-state index contributed by atoms with van der Waals surface area (Å²) in [6, 6.07) is 10.5. The number of methoxy groups -OCH3 is 4. The first-order valence-electron chi connectivity index (χ1n) is 13.2. The summed E-state index contributed by atoms with van der Waals surface area (Å²) in [6.07, 6.45) is 8.58. The average molecular weight is 523 g/mol. The highest BCUT2D eigenvalue weighted by Gasteiger charge is 2.42. The molecule has 38 heavy (non-hydrogen) atoms. The van der Waals surface area contributed by atoms with E-state index in [1.165, 1.54) is 39.7 Å². The summed E-state index contributed by atoms with van der Waals surface area (Å²) in [5.74, 6) is 1.47. The number of hydrogen-bond acceptors (Lipinski definition) is 6. The zero-order valence-corrected chi connectivity index (χ0v) is 22.7. The van der Waals surface area contributed by atoms with Crippen LogP contribution in [0, 0.1) is 5.92 Å². The summed E-state index contributed by atoms with van der Waals surface area (Å²) in [5, 5.41) is 3.16. The van der Waals surface area contributed by atoms with E-state index in [-0.39, 0.29) is 18.2 Å². The van der Waals surface area contributed by atoms with E-state index in [2.05, 4.69) is 11.4 Å². The zero-order valence-electron chi connectivity index (χ0n) is 22.7. The second-order valence-corrected chi connectivity index (χ2v) is 9.66. The molecule has 2 amide bonds. The van der Waals surface area contributed by atoms with Gasteiger partial charge in [0, 0.05) is 25.1 Å². The molecule has 0 radical (unpaired) electrons. The number of benzene rings is 2. The summed E-state index contributed by atoms with van der Waals surface area (Å²) in [7, 11) is 6.23. The Labute approximate surface area is 224 Å². The van der Waals surface area contributed by atoms with E-state index < -0.39 is 12.0 Å². The number of piperidine rings is 1. The van der Waals surface area contributed by atoms with Crippen molar-refractivity contribution in [1.29, 1.82) is 0 Å².